The summed E-state index contributed by atoms with van der Waals surface area (Å²) in [6, 6.07) is 12.0. The molecule has 6 heteroatoms. The Hall–Kier alpha value is -2.73. The molecule has 2 atom stereocenters. The molecule has 3 aromatic rings. The number of para-hydroxylation sites is 1. The van der Waals surface area contributed by atoms with Gasteiger partial charge in [0.05, 0.1) is 16.9 Å². The number of nitrogens with zero attached hydrogens (tertiary/aromatic N) is 4. The molecule has 0 saturated carbocycles. The number of likely N-dealkylation sites (tertiary alicyclic amines) is 1. The molecule has 150 valence electrons. The summed E-state index contributed by atoms with van der Waals surface area (Å²) in [6.45, 7) is 5.89. The van der Waals surface area contributed by atoms with Gasteiger partial charge >= 0.3 is 0 Å². The molecule has 1 N–H and O–H groups in total. The number of nitrogens with one attached hydrogen (secondary N) is 1. The number of benzene rings is 1. The normalized spacial score (nSPS) is 22.3. The van der Waals surface area contributed by atoms with Gasteiger partial charge in [0.2, 0.25) is 0 Å². The van der Waals surface area contributed by atoms with Crippen molar-refractivity contribution in [3.63, 3.8) is 0 Å². The van der Waals surface area contributed by atoms with E-state index in [0.717, 1.165) is 55.0 Å². The maximum Gasteiger partial charge on any atom is 0.255 e. The van der Waals surface area contributed by atoms with Crippen molar-refractivity contribution in [2.45, 2.75) is 26.2 Å². The van der Waals surface area contributed by atoms with Crippen LogP contribution >= 0.6 is 0 Å². The lowest BCUT2D eigenvalue weighted by Gasteiger charge is -2.35. The number of pyridine rings is 1. The fourth-order valence-corrected chi connectivity index (χ4v) is 4.85. The van der Waals surface area contributed by atoms with Crippen LogP contribution in [0.15, 0.2) is 42.6 Å². The molecule has 4 heterocycles. The van der Waals surface area contributed by atoms with Gasteiger partial charge in [-0.25, -0.2) is 9.67 Å². The Morgan fingerprint density at radius 1 is 1.17 bits per heavy atom. The van der Waals surface area contributed by atoms with E-state index in [9.17, 15) is 4.79 Å². The van der Waals surface area contributed by atoms with Crippen LogP contribution in [0.25, 0.3) is 16.7 Å². The van der Waals surface area contributed by atoms with E-state index >= 15 is 0 Å². The average molecular weight is 390 g/mol. The molecule has 2 aromatic heterocycles. The largest absolute Gasteiger partial charge is 0.338 e. The summed E-state index contributed by atoms with van der Waals surface area (Å²) in [5, 5.41) is 9.06. The minimum Gasteiger partial charge on any atom is -0.338 e. The lowest BCUT2D eigenvalue weighted by Crippen LogP contribution is -2.42. The van der Waals surface area contributed by atoms with E-state index in [-0.39, 0.29) is 5.91 Å². The van der Waals surface area contributed by atoms with Crippen molar-refractivity contribution < 1.29 is 4.79 Å². The van der Waals surface area contributed by atoms with Gasteiger partial charge in [-0.3, -0.25) is 4.79 Å². The van der Waals surface area contributed by atoms with E-state index in [1.807, 2.05) is 52.9 Å². The van der Waals surface area contributed by atoms with Crippen molar-refractivity contribution in [3.8, 4) is 5.69 Å². The average Bonchev–Trinajstić information content (AvgIpc) is 3.42. The maximum atomic E-state index is 13.2. The second kappa shape index (κ2) is 7.59. The van der Waals surface area contributed by atoms with E-state index in [4.69, 9.17) is 0 Å². The highest BCUT2D eigenvalue weighted by Gasteiger charge is 2.31. The summed E-state index contributed by atoms with van der Waals surface area (Å²) in [4.78, 5) is 19.9. The van der Waals surface area contributed by atoms with Gasteiger partial charge in [0, 0.05) is 24.7 Å². The molecule has 2 saturated heterocycles. The first-order chi connectivity index (χ1) is 14.2. The Morgan fingerprint density at radius 2 is 2.03 bits per heavy atom. The van der Waals surface area contributed by atoms with E-state index < -0.39 is 0 Å². The predicted octanol–water partition coefficient (Wildman–Crippen LogP) is 3.19. The number of rotatable bonds is 3. The van der Waals surface area contributed by atoms with Crippen molar-refractivity contribution in [3.05, 3.63) is 53.9 Å². The lowest BCUT2D eigenvalue weighted by atomic mass is 9.85. The maximum absolute atomic E-state index is 13.2. The van der Waals surface area contributed by atoms with Crippen LogP contribution < -0.4 is 5.32 Å². The smallest absolute Gasteiger partial charge is 0.255 e. The van der Waals surface area contributed by atoms with Gasteiger partial charge in [0.1, 0.15) is 0 Å². The first-order valence-electron chi connectivity index (χ1n) is 10.6. The number of hydrogen-bond acceptors (Lipinski definition) is 4. The van der Waals surface area contributed by atoms with Gasteiger partial charge in [0.25, 0.3) is 5.91 Å². The van der Waals surface area contributed by atoms with Crippen LogP contribution in [0, 0.1) is 18.8 Å². The van der Waals surface area contributed by atoms with Crippen LogP contribution in [0.2, 0.25) is 0 Å². The van der Waals surface area contributed by atoms with Crippen molar-refractivity contribution in [1.29, 1.82) is 0 Å². The molecule has 1 amide bonds. The molecular formula is C23H27N5O. The Bertz CT molecular complexity index is 1020. The van der Waals surface area contributed by atoms with E-state index in [1.165, 1.54) is 12.8 Å². The van der Waals surface area contributed by atoms with Crippen LogP contribution in [0.3, 0.4) is 0 Å². The number of aryl methyl sites for hydroxylation is 1. The zero-order valence-corrected chi connectivity index (χ0v) is 16.8. The molecule has 2 aliphatic heterocycles. The summed E-state index contributed by atoms with van der Waals surface area (Å²) >= 11 is 0. The van der Waals surface area contributed by atoms with Crippen LogP contribution in [-0.2, 0) is 0 Å². The molecule has 29 heavy (non-hydrogen) atoms. The van der Waals surface area contributed by atoms with E-state index in [1.54, 1.807) is 6.20 Å². The van der Waals surface area contributed by atoms with Crippen molar-refractivity contribution in [1.82, 2.24) is 25.0 Å². The SMILES string of the molecule is Cc1nn(-c2ccccc2)c2ncc(C(=O)N3CCCC(C4CCNC4)C3)cc12. The molecule has 2 fully saturated rings. The zero-order valence-electron chi connectivity index (χ0n) is 16.8. The minimum atomic E-state index is 0.0990. The molecule has 0 spiro atoms. The molecule has 0 aliphatic carbocycles. The first-order valence-corrected chi connectivity index (χ1v) is 10.6. The van der Waals surface area contributed by atoms with Crippen LogP contribution in [-0.4, -0.2) is 51.8 Å². The number of piperidine rings is 1. The third-order valence-corrected chi connectivity index (χ3v) is 6.46. The first kappa shape index (κ1) is 18.3. The number of fused-ring (bicyclic) bond motifs is 1. The molecule has 0 radical (unpaired) electrons. The number of hydrogen-bond donors (Lipinski definition) is 1. The van der Waals surface area contributed by atoms with Crippen molar-refractivity contribution in [2.75, 3.05) is 26.2 Å². The second-order valence-electron chi connectivity index (χ2n) is 8.33. The molecule has 6 nitrogen and oxygen atoms in total. The topological polar surface area (TPSA) is 63.1 Å². The van der Waals surface area contributed by atoms with Crippen molar-refractivity contribution in [2.24, 2.45) is 11.8 Å². The second-order valence-corrected chi connectivity index (χ2v) is 8.33. The summed E-state index contributed by atoms with van der Waals surface area (Å²) < 4.78 is 1.85. The van der Waals surface area contributed by atoms with E-state index in [2.05, 4.69) is 15.4 Å². The van der Waals surface area contributed by atoms with Gasteiger partial charge in [-0.15, -0.1) is 0 Å². The molecule has 2 aliphatic rings. The highest BCUT2D eigenvalue weighted by molar-refractivity contribution is 5.97. The number of aromatic nitrogens is 3. The summed E-state index contributed by atoms with van der Waals surface area (Å²) in [5.74, 6) is 1.42. The molecule has 1 aromatic carbocycles. The summed E-state index contributed by atoms with van der Waals surface area (Å²) in [5.41, 5.74) is 3.32. The Balaban J connectivity index is 1.41. The third-order valence-electron chi connectivity index (χ3n) is 6.46. The lowest BCUT2D eigenvalue weighted by molar-refractivity contribution is 0.0634. The fraction of sp³-hybridized carbons (Fsp3) is 0.435. The zero-order chi connectivity index (χ0) is 19.8. The van der Waals surface area contributed by atoms with Gasteiger partial charge in [-0.1, -0.05) is 18.2 Å². The molecule has 5 rings (SSSR count). The Morgan fingerprint density at radius 3 is 2.83 bits per heavy atom. The van der Waals surface area contributed by atoms with E-state index in [0.29, 0.717) is 17.4 Å². The monoisotopic (exact) mass is 389 g/mol. The molecule has 0 bridgehead atoms. The predicted molar refractivity (Wildman–Crippen MR) is 113 cm³/mol. The van der Waals surface area contributed by atoms with Crippen LogP contribution in [0.5, 0.6) is 0 Å². The third kappa shape index (κ3) is 3.42. The van der Waals surface area contributed by atoms with Gasteiger partial charge in [0.15, 0.2) is 5.65 Å². The minimum absolute atomic E-state index is 0.0990. The van der Waals surface area contributed by atoms with Gasteiger partial charge in [-0.05, 0) is 69.3 Å². The van der Waals surface area contributed by atoms with Crippen LogP contribution in [0.4, 0.5) is 0 Å². The van der Waals surface area contributed by atoms with Crippen LogP contribution in [0.1, 0.15) is 35.3 Å². The molecule has 2 unspecified atom stereocenters. The highest BCUT2D eigenvalue weighted by Crippen LogP contribution is 2.29. The fourth-order valence-electron chi connectivity index (χ4n) is 4.85. The number of amides is 1. The summed E-state index contributed by atoms with van der Waals surface area (Å²) in [6.07, 6.45) is 5.27. The Kier molecular flexibility index (Phi) is 4.79. The van der Waals surface area contributed by atoms with Gasteiger partial charge in [-0.2, -0.15) is 5.10 Å². The quantitative estimate of drug-likeness (QED) is 0.747. The number of carbonyl (C=O) groups is 1. The Labute approximate surface area is 170 Å². The standard InChI is InChI=1S/C23H27N5O/c1-16-21-12-19(14-25-22(21)28(26-16)20-7-3-2-4-8-20)23(29)27-11-5-6-18(15-27)17-9-10-24-13-17/h2-4,7-8,12,14,17-18,24H,5-6,9-11,13,15H2,1H3. The summed E-state index contributed by atoms with van der Waals surface area (Å²) in [7, 11) is 0. The van der Waals surface area contributed by atoms with Gasteiger partial charge < -0.3 is 10.2 Å². The highest BCUT2D eigenvalue weighted by atomic mass is 16.2. The molecular weight excluding hydrogens is 362 g/mol. The van der Waals surface area contributed by atoms with Crippen molar-refractivity contribution >= 4 is 16.9 Å². The number of carbonyl (C=O) groups excluding carboxylic acids is 1.